The Hall–Kier alpha value is -1.19. The Morgan fingerprint density at radius 3 is 2.53 bits per heavy atom. The van der Waals surface area contributed by atoms with Gasteiger partial charge in [-0.1, -0.05) is 43.7 Å². The van der Waals surface area contributed by atoms with Crippen molar-refractivity contribution in [3.8, 4) is 0 Å². The fraction of sp³-hybridized carbons (Fsp3) is 0.500. The molecule has 1 atom stereocenters. The van der Waals surface area contributed by atoms with Crippen LogP contribution in [0.25, 0.3) is 0 Å². The molecule has 0 N–H and O–H groups in total. The van der Waals surface area contributed by atoms with Crippen LogP contribution in [0.4, 0.5) is 0 Å². The van der Waals surface area contributed by atoms with Gasteiger partial charge in [-0.25, -0.2) is 0 Å². The standard InChI is InChI=1S/C14H20O3/c1-3-7-13(17-11-10-16-2)14(15)12-8-5-4-6-9-12/h4-6,8-9,13H,3,7,10-11H2,1-2H3. The van der Waals surface area contributed by atoms with Crippen LogP contribution >= 0.6 is 0 Å². The molecule has 0 aliphatic heterocycles. The van der Waals surface area contributed by atoms with E-state index >= 15 is 0 Å². The third-order valence-corrected chi connectivity index (χ3v) is 2.51. The number of ketones is 1. The van der Waals surface area contributed by atoms with Crippen LogP contribution in [-0.4, -0.2) is 32.2 Å². The molecule has 0 saturated carbocycles. The highest BCUT2D eigenvalue weighted by Gasteiger charge is 2.19. The molecular formula is C14H20O3. The first-order valence-corrected chi connectivity index (χ1v) is 5.99. The summed E-state index contributed by atoms with van der Waals surface area (Å²) in [6.07, 6.45) is 1.32. The molecule has 0 aliphatic rings. The van der Waals surface area contributed by atoms with Gasteiger partial charge in [-0.05, 0) is 6.42 Å². The molecule has 0 radical (unpaired) electrons. The maximum atomic E-state index is 12.2. The first kappa shape index (κ1) is 13.9. The largest absolute Gasteiger partial charge is 0.382 e. The molecule has 1 rings (SSSR count). The third kappa shape index (κ3) is 4.67. The van der Waals surface area contributed by atoms with Gasteiger partial charge in [0.25, 0.3) is 0 Å². The molecule has 0 aliphatic carbocycles. The summed E-state index contributed by atoms with van der Waals surface area (Å²) in [5, 5.41) is 0. The Kier molecular flexibility index (Phi) is 6.51. The number of hydrogen-bond donors (Lipinski definition) is 0. The zero-order valence-electron chi connectivity index (χ0n) is 10.5. The van der Waals surface area contributed by atoms with Gasteiger partial charge in [-0.2, -0.15) is 0 Å². The predicted octanol–water partition coefficient (Wildman–Crippen LogP) is 2.70. The van der Waals surface area contributed by atoms with E-state index in [-0.39, 0.29) is 11.9 Å². The first-order chi connectivity index (χ1) is 8.29. The molecule has 0 bridgehead atoms. The molecule has 94 valence electrons. The lowest BCUT2D eigenvalue weighted by atomic mass is 10.0. The number of carbonyl (C=O) groups excluding carboxylic acids is 1. The maximum absolute atomic E-state index is 12.2. The van der Waals surface area contributed by atoms with Gasteiger partial charge in [0.05, 0.1) is 13.2 Å². The van der Waals surface area contributed by atoms with Gasteiger partial charge in [-0.3, -0.25) is 4.79 Å². The minimum atomic E-state index is -0.349. The average molecular weight is 236 g/mol. The van der Waals surface area contributed by atoms with Crippen LogP contribution in [0, 0.1) is 0 Å². The van der Waals surface area contributed by atoms with Crippen LogP contribution in [0.2, 0.25) is 0 Å². The lowest BCUT2D eigenvalue weighted by Crippen LogP contribution is -2.26. The predicted molar refractivity (Wildman–Crippen MR) is 67.3 cm³/mol. The van der Waals surface area contributed by atoms with Crippen LogP contribution < -0.4 is 0 Å². The van der Waals surface area contributed by atoms with Crippen LogP contribution in [0.1, 0.15) is 30.1 Å². The molecule has 17 heavy (non-hydrogen) atoms. The molecule has 0 saturated heterocycles. The van der Waals surface area contributed by atoms with Gasteiger partial charge in [0.2, 0.25) is 0 Å². The Labute approximate surface area is 103 Å². The monoisotopic (exact) mass is 236 g/mol. The van der Waals surface area contributed by atoms with E-state index in [2.05, 4.69) is 0 Å². The van der Waals surface area contributed by atoms with Crippen LogP contribution in [0.3, 0.4) is 0 Å². The fourth-order valence-electron chi connectivity index (χ4n) is 1.61. The molecule has 0 spiro atoms. The summed E-state index contributed by atoms with van der Waals surface area (Å²) in [5.74, 6) is 0.0588. The van der Waals surface area contributed by atoms with E-state index in [4.69, 9.17) is 9.47 Å². The Balaban J connectivity index is 2.60. The Bertz CT molecular complexity index is 321. The normalized spacial score (nSPS) is 12.4. The van der Waals surface area contributed by atoms with E-state index in [1.807, 2.05) is 37.3 Å². The number of rotatable bonds is 8. The van der Waals surface area contributed by atoms with Crippen molar-refractivity contribution in [1.29, 1.82) is 0 Å². The van der Waals surface area contributed by atoms with Crippen LogP contribution in [0.5, 0.6) is 0 Å². The fourth-order valence-corrected chi connectivity index (χ4v) is 1.61. The summed E-state index contributed by atoms with van der Waals surface area (Å²) in [5.41, 5.74) is 0.711. The molecule has 0 aromatic heterocycles. The summed E-state index contributed by atoms with van der Waals surface area (Å²) in [6.45, 7) is 3.02. The van der Waals surface area contributed by atoms with E-state index in [1.165, 1.54) is 0 Å². The van der Waals surface area contributed by atoms with Crippen molar-refractivity contribution in [1.82, 2.24) is 0 Å². The molecule has 0 heterocycles. The number of ether oxygens (including phenoxy) is 2. The second-order valence-corrected chi connectivity index (χ2v) is 3.87. The van der Waals surface area contributed by atoms with Gasteiger partial charge >= 0.3 is 0 Å². The Morgan fingerprint density at radius 2 is 1.94 bits per heavy atom. The van der Waals surface area contributed by atoms with Crippen molar-refractivity contribution in [3.63, 3.8) is 0 Å². The third-order valence-electron chi connectivity index (χ3n) is 2.51. The van der Waals surface area contributed by atoms with Gasteiger partial charge in [-0.15, -0.1) is 0 Å². The van der Waals surface area contributed by atoms with Gasteiger partial charge in [0.15, 0.2) is 5.78 Å². The molecular weight excluding hydrogens is 216 g/mol. The highest BCUT2D eigenvalue weighted by atomic mass is 16.5. The number of methoxy groups -OCH3 is 1. The molecule has 3 heteroatoms. The number of hydrogen-bond acceptors (Lipinski definition) is 3. The van der Waals surface area contributed by atoms with E-state index in [0.29, 0.717) is 18.8 Å². The van der Waals surface area contributed by atoms with Crippen molar-refractivity contribution >= 4 is 5.78 Å². The smallest absolute Gasteiger partial charge is 0.191 e. The highest BCUT2D eigenvalue weighted by Crippen LogP contribution is 2.11. The molecule has 1 unspecified atom stereocenters. The van der Waals surface area contributed by atoms with E-state index in [9.17, 15) is 4.79 Å². The number of carbonyl (C=O) groups is 1. The maximum Gasteiger partial charge on any atom is 0.191 e. The van der Waals surface area contributed by atoms with Crippen molar-refractivity contribution in [2.75, 3.05) is 20.3 Å². The first-order valence-electron chi connectivity index (χ1n) is 5.99. The second kappa shape index (κ2) is 7.98. The lowest BCUT2D eigenvalue weighted by molar-refractivity contribution is 0.0158. The van der Waals surface area contributed by atoms with Gasteiger partial charge in [0, 0.05) is 12.7 Å². The SMILES string of the molecule is CCCC(OCCOC)C(=O)c1ccccc1. The lowest BCUT2D eigenvalue weighted by Gasteiger charge is -2.15. The van der Waals surface area contributed by atoms with Crippen molar-refractivity contribution < 1.29 is 14.3 Å². The van der Waals surface area contributed by atoms with Crippen LogP contribution in [-0.2, 0) is 9.47 Å². The minimum Gasteiger partial charge on any atom is -0.382 e. The van der Waals surface area contributed by atoms with Gasteiger partial charge in [0.1, 0.15) is 6.10 Å². The molecule has 1 aromatic carbocycles. The topological polar surface area (TPSA) is 35.5 Å². The zero-order chi connectivity index (χ0) is 12.5. The second-order valence-electron chi connectivity index (χ2n) is 3.87. The molecule has 3 nitrogen and oxygen atoms in total. The van der Waals surface area contributed by atoms with Crippen molar-refractivity contribution in [2.45, 2.75) is 25.9 Å². The van der Waals surface area contributed by atoms with E-state index in [1.54, 1.807) is 7.11 Å². The summed E-state index contributed by atoms with van der Waals surface area (Å²) in [4.78, 5) is 12.2. The van der Waals surface area contributed by atoms with Gasteiger partial charge < -0.3 is 9.47 Å². The number of Topliss-reactive ketones (excluding diaryl/α,β-unsaturated/α-hetero) is 1. The average Bonchev–Trinajstić information content (AvgIpc) is 2.38. The molecule has 0 fully saturated rings. The molecule has 1 aromatic rings. The summed E-state index contributed by atoms with van der Waals surface area (Å²) < 4.78 is 10.5. The molecule has 0 amide bonds. The minimum absolute atomic E-state index is 0.0588. The quantitative estimate of drug-likeness (QED) is 0.514. The highest BCUT2D eigenvalue weighted by molar-refractivity contribution is 5.99. The zero-order valence-corrected chi connectivity index (χ0v) is 10.5. The summed E-state index contributed by atoms with van der Waals surface area (Å²) >= 11 is 0. The van der Waals surface area contributed by atoms with Crippen LogP contribution in [0.15, 0.2) is 30.3 Å². The van der Waals surface area contributed by atoms with Crippen molar-refractivity contribution in [2.24, 2.45) is 0 Å². The summed E-state index contributed by atoms with van der Waals surface area (Å²) in [7, 11) is 1.62. The Morgan fingerprint density at radius 1 is 1.24 bits per heavy atom. The van der Waals surface area contributed by atoms with E-state index < -0.39 is 0 Å². The van der Waals surface area contributed by atoms with E-state index in [0.717, 1.165) is 12.8 Å². The van der Waals surface area contributed by atoms with Crippen molar-refractivity contribution in [3.05, 3.63) is 35.9 Å². The number of benzene rings is 1. The summed E-state index contributed by atoms with van der Waals surface area (Å²) in [6, 6.07) is 9.28.